The largest absolute Gasteiger partial charge is 0.395 e. The number of amides is 1. The van der Waals surface area contributed by atoms with Crippen molar-refractivity contribution in [1.82, 2.24) is 9.88 Å². The van der Waals surface area contributed by atoms with E-state index in [4.69, 9.17) is 5.11 Å². The highest BCUT2D eigenvalue weighted by Crippen LogP contribution is 2.27. The molecule has 1 aromatic heterocycles. The number of thiazole rings is 1. The number of rotatable bonds is 5. The lowest BCUT2D eigenvalue weighted by molar-refractivity contribution is -0.131. The zero-order valence-electron chi connectivity index (χ0n) is 9.35. The molecule has 0 aromatic carbocycles. The molecule has 0 atom stereocenters. The summed E-state index contributed by atoms with van der Waals surface area (Å²) in [4.78, 5) is 18.0. The molecule has 1 fully saturated rings. The number of hydrogen-bond acceptors (Lipinski definition) is 4. The van der Waals surface area contributed by atoms with Crippen molar-refractivity contribution in [3.05, 3.63) is 16.1 Å². The van der Waals surface area contributed by atoms with Crippen molar-refractivity contribution >= 4 is 17.2 Å². The fraction of sp³-hybridized carbons (Fsp3) is 0.636. The Morgan fingerprint density at radius 3 is 2.94 bits per heavy atom. The van der Waals surface area contributed by atoms with E-state index in [0.29, 0.717) is 19.0 Å². The van der Waals surface area contributed by atoms with E-state index in [1.54, 1.807) is 16.2 Å². The lowest BCUT2D eigenvalue weighted by Gasteiger charge is -2.20. The van der Waals surface area contributed by atoms with E-state index in [0.717, 1.165) is 23.5 Å². The van der Waals surface area contributed by atoms with Gasteiger partial charge < -0.3 is 10.0 Å². The minimum Gasteiger partial charge on any atom is -0.395 e. The van der Waals surface area contributed by atoms with E-state index >= 15 is 0 Å². The van der Waals surface area contributed by atoms with Crippen molar-refractivity contribution in [2.24, 2.45) is 0 Å². The molecule has 1 heterocycles. The van der Waals surface area contributed by atoms with Gasteiger partial charge in [0.2, 0.25) is 5.91 Å². The number of carbonyl (C=O) groups is 1. The van der Waals surface area contributed by atoms with Crippen molar-refractivity contribution in [2.45, 2.75) is 32.2 Å². The molecule has 1 saturated carbocycles. The minimum absolute atomic E-state index is 0.0400. The lowest BCUT2D eigenvalue weighted by Crippen LogP contribution is -2.36. The highest BCUT2D eigenvalue weighted by molar-refractivity contribution is 7.09. The fourth-order valence-corrected chi connectivity index (χ4v) is 2.36. The molecule has 0 unspecified atom stereocenters. The van der Waals surface area contributed by atoms with Gasteiger partial charge >= 0.3 is 0 Å². The normalized spacial score (nSPS) is 15.1. The first-order valence-corrected chi connectivity index (χ1v) is 6.40. The van der Waals surface area contributed by atoms with Gasteiger partial charge in [0.15, 0.2) is 0 Å². The summed E-state index contributed by atoms with van der Waals surface area (Å²) in [5, 5.41) is 11.8. The van der Waals surface area contributed by atoms with Gasteiger partial charge in [-0.3, -0.25) is 4.79 Å². The van der Waals surface area contributed by atoms with Gasteiger partial charge in [-0.05, 0) is 19.8 Å². The molecule has 16 heavy (non-hydrogen) atoms. The highest BCUT2D eigenvalue weighted by atomic mass is 32.1. The zero-order chi connectivity index (χ0) is 11.5. The Hall–Kier alpha value is -0.940. The molecule has 1 aliphatic rings. The summed E-state index contributed by atoms with van der Waals surface area (Å²) < 4.78 is 0. The molecule has 5 heteroatoms. The van der Waals surface area contributed by atoms with Crippen LogP contribution in [0.1, 0.15) is 23.5 Å². The summed E-state index contributed by atoms with van der Waals surface area (Å²) in [6.45, 7) is 2.43. The van der Waals surface area contributed by atoms with Crippen molar-refractivity contribution in [1.29, 1.82) is 0 Å². The first-order valence-electron chi connectivity index (χ1n) is 5.52. The smallest absolute Gasteiger partial charge is 0.228 e. The second-order valence-electron chi connectivity index (χ2n) is 4.08. The molecule has 4 nitrogen and oxygen atoms in total. The molecule has 88 valence electrons. The Morgan fingerprint density at radius 2 is 2.44 bits per heavy atom. The summed E-state index contributed by atoms with van der Waals surface area (Å²) in [6.07, 6.45) is 2.50. The topological polar surface area (TPSA) is 53.4 Å². The second-order valence-corrected chi connectivity index (χ2v) is 5.14. The van der Waals surface area contributed by atoms with Crippen molar-refractivity contribution in [3.63, 3.8) is 0 Å². The quantitative estimate of drug-likeness (QED) is 0.834. The first kappa shape index (κ1) is 11.5. The van der Waals surface area contributed by atoms with E-state index in [1.807, 2.05) is 12.3 Å². The Kier molecular flexibility index (Phi) is 3.56. The van der Waals surface area contributed by atoms with E-state index in [-0.39, 0.29) is 12.5 Å². The molecule has 1 aliphatic carbocycles. The third-order valence-electron chi connectivity index (χ3n) is 2.65. The van der Waals surface area contributed by atoms with Crippen molar-refractivity contribution in [3.8, 4) is 0 Å². The Bertz CT molecular complexity index is 374. The zero-order valence-corrected chi connectivity index (χ0v) is 10.2. The molecular weight excluding hydrogens is 224 g/mol. The SMILES string of the molecule is Cc1nc(CC(=O)N(CCO)C2CC2)cs1. The maximum atomic E-state index is 12.0. The van der Waals surface area contributed by atoms with Crippen molar-refractivity contribution in [2.75, 3.05) is 13.2 Å². The van der Waals surface area contributed by atoms with Crippen LogP contribution in [0.15, 0.2) is 5.38 Å². The molecular formula is C11H16N2O2S. The predicted molar refractivity (Wildman–Crippen MR) is 62.4 cm³/mol. The monoisotopic (exact) mass is 240 g/mol. The van der Waals surface area contributed by atoms with Gasteiger partial charge in [0.05, 0.1) is 23.7 Å². The average molecular weight is 240 g/mol. The molecule has 0 aliphatic heterocycles. The average Bonchev–Trinajstić information content (AvgIpc) is 3.00. The van der Waals surface area contributed by atoms with Crippen LogP contribution in [0.25, 0.3) is 0 Å². The van der Waals surface area contributed by atoms with Crippen LogP contribution in [0.3, 0.4) is 0 Å². The highest BCUT2D eigenvalue weighted by Gasteiger charge is 2.32. The Morgan fingerprint density at radius 1 is 1.69 bits per heavy atom. The molecule has 1 N–H and O–H groups in total. The summed E-state index contributed by atoms with van der Waals surface area (Å²) in [5.41, 5.74) is 0.844. The van der Waals surface area contributed by atoms with E-state index < -0.39 is 0 Å². The number of carbonyl (C=O) groups excluding carboxylic acids is 1. The molecule has 2 rings (SSSR count). The summed E-state index contributed by atoms with van der Waals surface area (Å²) >= 11 is 1.56. The van der Waals surface area contributed by atoms with Crippen LogP contribution in [0.5, 0.6) is 0 Å². The van der Waals surface area contributed by atoms with Crippen LogP contribution in [-0.4, -0.2) is 40.1 Å². The summed E-state index contributed by atoms with van der Waals surface area (Å²) in [5.74, 6) is 0.0850. The number of aliphatic hydroxyl groups excluding tert-OH is 1. The standard InChI is InChI=1S/C11H16N2O2S/c1-8-12-9(7-16-8)6-11(15)13(4-5-14)10-2-3-10/h7,10,14H,2-6H2,1H3. The first-order chi connectivity index (χ1) is 7.70. The number of aryl methyl sites for hydroxylation is 1. The third kappa shape index (κ3) is 2.80. The van der Waals surface area contributed by atoms with Gasteiger partial charge in [0, 0.05) is 18.0 Å². The van der Waals surface area contributed by atoms with Crippen molar-refractivity contribution < 1.29 is 9.90 Å². The number of hydrogen-bond donors (Lipinski definition) is 1. The number of nitrogens with zero attached hydrogens (tertiary/aromatic N) is 2. The van der Waals surface area contributed by atoms with E-state index in [1.165, 1.54) is 0 Å². The Labute approximate surface area is 98.9 Å². The summed E-state index contributed by atoms with van der Waals surface area (Å²) in [7, 11) is 0. The Balaban J connectivity index is 1.94. The lowest BCUT2D eigenvalue weighted by atomic mass is 10.3. The third-order valence-corrected chi connectivity index (χ3v) is 3.47. The van der Waals surface area contributed by atoms with E-state index in [9.17, 15) is 4.79 Å². The van der Waals surface area contributed by atoms with Gasteiger partial charge in [0.25, 0.3) is 0 Å². The number of aliphatic hydroxyl groups is 1. The maximum Gasteiger partial charge on any atom is 0.228 e. The summed E-state index contributed by atoms with van der Waals surface area (Å²) in [6, 6.07) is 0.361. The van der Waals surface area contributed by atoms with Gasteiger partial charge in [-0.2, -0.15) is 0 Å². The van der Waals surface area contributed by atoms with Crippen LogP contribution in [0, 0.1) is 6.92 Å². The van der Waals surface area contributed by atoms with Crippen LogP contribution in [0.2, 0.25) is 0 Å². The molecule has 0 bridgehead atoms. The maximum absolute atomic E-state index is 12.0. The van der Waals surface area contributed by atoms with Gasteiger partial charge in [0.1, 0.15) is 0 Å². The second kappa shape index (κ2) is 4.93. The van der Waals surface area contributed by atoms with Gasteiger partial charge in [-0.25, -0.2) is 4.98 Å². The van der Waals surface area contributed by atoms with Crippen LogP contribution in [0.4, 0.5) is 0 Å². The van der Waals surface area contributed by atoms with E-state index in [2.05, 4.69) is 4.98 Å². The van der Waals surface area contributed by atoms with Crippen LogP contribution < -0.4 is 0 Å². The molecule has 1 amide bonds. The van der Waals surface area contributed by atoms with Gasteiger partial charge in [-0.1, -0.05) is 0 Å². The van der Waals surface area contributed by atoms with Crippen LogP contribution >= 0.6 is 11.3 Å². The molecule has 0 saturated heterocycles. The van der Waals surface area contributed by atoms with Crippen LogP contribution in [-0.2, 0) is 11.2 Å². The molecule has 0 radical (unpaired) electrons. The van der Waals surface area contributed by atoms with Gasteiger partial charge in [-0.15, -0.1) is 11.3 Å². The molecule has 1 aromatic rings. The minimum atomic E-state index is 0.0400. The predicted octanol–water partition coefficient (Wildman–Crippen LogP) is 0.977. The number of aromatic nitrogens is 1. The fourth-order valence-electron chi connectivity index (χ4n) is 1.75. The molecule has 0 spiro atoms.